The Morgan fingerprint density at radius 2 is 1.56 bits per heavy atom. The molecule has 2 N–H and O–H groups in total. The van der Waals surface area contributed by atoms with Crippen LogP contribution in [0.1, 0.15) is 25.3 Å². The third kappa shape index (κ3) is 6.27. The van der Waals surface area contributed by atoms with Crippen molar-refractivity contribution in [3.8, 4) is 11.4 Å². The molecule has 3 fully saturated rings. The molecule has 0 spiro atoms. The Morgan fingerprint density at radius 3 is 2.22 bits per heavy atom. The Labute approximate surface area is 240 Å². The number of hydrogen-bond acceptors (Lipinski definition) is 9. The van der Waals surface area contributed by atoms with E-state index in [1.807, 2.05) is 48.5 Å². The summed E-state index contributed by atoms with van der Waals surface area (Å²) in [5.74, 6) is 1.98. The van der Waals surface area contributed by atoms with Crippen LogP contribution in [0.15, 0.2) is 48.5 Å². The van der Waals surface area contributed by atoms with E-state index in [4.69, 9.17) is 29.2 Å². The fourth-order valence-corrected chi connectivity index (χ4v) is 5.68. The van der Waals surface area contributed by atoms with Gasteiger partial charge in [-0.25, -0.2) is 4.79 Å². The number of carbonyl (C=O) groups excluding carboxylic acids is 1. The van der Waals surface area contributed by atoms with Crippen molar-refractivity contribution in [2.75, 3.05) is 67.1 Å². The minimum absolute atomic E-state index is 0.167. The SMILES string of the molecule is COCCc1ccc(NC(=O)Nc2ccc(-c3nc(N4C5CCC4COC5)nc(N4CCOC[C@H]4C)n3)cc2)cc1. The average Bonchev–Trinajstić information content (AvgIpc) is 3.25. The largest absolute Gasteiger partial charge is 0.384 e. The second kappa shape index (κ2) is 12.4. The van der Waals surface area contributed by atoms with Crippen molar-refractivity contribution < 1.29 is 19.0 Å². The molecular formula is C30H37N7O4. The van der Waals surface area contributed by atoms with Crippen molar-refractivity contribution in [1.29, 1.82) is 0 Å². The van der Waals surface area contributed by atoms with Crippen LogP contribution in [0.3, 0.4) is 0 Å². The first-order valence-electron chi connectivity index (χ1n) is 14.3. The highest BCUT2D eigenvalue weighted by atomic mass is 16.5. The molecule has 4 heterocycles. The number of benzene rings is 2. The van der Waals surface area contributed by atoms with Crippen LogP contribution in [0.2, 0.25) is 0 Å². The first-order chi connectivity index (χ1) is 20.1. The number of methoxy groups -OCH3 is 1. The third-order valence-electron chi connectivity index (χ3n) is 7.92. The minimum Gasteiger partial charge on any atom is -0.384 e. The molecule has 41 heavy (non-hydrogen) atoms. The summed E-state index contributed by atoms with van der Waals surface area (Å²) < 4.78 is 16.6. The molecule has 11 nitrogen and oxygen atoms in total. The van der Waals surface area contributed by atoms with Gasteiger partial charge in [0.05, 0.1) is 51.2 Å². The van der Waals surface area contributed by atoms with Crippen LogP contribution < -0.4 is 20.4 Å². The predicted octanol–water partition coefficient (Wildman–Crippen LogP) is 3.96. The molecule has 0 saturated carbocycles. The lowest BCUT2D eigenvalue weighted by Gasteiger charge is -2.36. The molecular weight excluding hydrogens is 522 g/mol. The van der Waals surface area contributed by atoms with Crippen LogP contribution in [0, 0.1) is 0 Å². The van der Waals surface area contributed by atoms with Crippen LogP contribution in [0.4, 0.5) is 28.1 Å². The Bertz CT molecular complexity index is 1320. The van der Waals surface area contributed by atoms with Gasteiger partial charge in [-0.05, 0) is 68.1 Å². The van der Waals surface area contributed by atoms with Crippen LogP contribution in [0.25, 0.3) is 11.4 Å². The van der Waals surface area contributed by atoms with Crippen LogP contribution >= 0.6 is 0 Å². The highest BCUT2D eigenvalue weighted by molar-refractivity contribution is 5.99. The highest BCUT2D eigenvalue weighted by Gasteiger charge is 2.39. The lowest BCUT2D eigenvalue weighted by Crippen LogP contribution is -2.48. The average molecular weight is 560 g/mol. The molecule has 6 rings (SSSR count). The molecule has 3 saturated heterocycles. The second-order valence-electron chi connectivity index (χ2n) is 10.8. The maximum atomic E-state index is 12.6. The number of aromatic nitrogens is 3. The van der Waals surface area contributed by atoms with E-state index in [9.17, 15) is 4.79 Å². The van der Waals surface area contributed by atoms with Crippen LogP contribution in [-0.4, -0.2) is 85.8 Å². The number of fused-ring (bicyclic) bond motifs is 2. The van der Waals surface area contributed by atoms with E-state index < -0.39 is 0 Å². The normalized spacial score (nSPS) is 22.0. The second-order valence-corrected chi connectivity index (χ2v) is 10.8. The number of hydrogen-bond donors (Lipinski definition) is 2. The van der Waals surface area contributed by atoms with E-state index in [-0.39, 0.29) is 24.2 Å². The lowest BCUT2D eigenvalue weighted by atomic mass is 10.1. The summed E-state index contributed by atoms with van der Waals surface area (Å²) in [6.07, 6.45) is 2.99. The molecule has 216 valence electrons. The molecule has 3 aliphatic rings. The molecule has 1 aromatic heterocycles. The fourth-order valence-electron chi connectivity index (χ4n) is 5.68. The summed E-state index contributed by atoms with van der Waals surface area (Å²) in [7, 11) is 1.69. The maximum absolute atomic E-state index is 12.6. The van der Waals surface area contributed by atoms with Gasteiger partial charge in [-0.3, -0.25) is 0 Å². The van der Waals surface area contributed by atoms with E-state index in [0.717, 1.165) is 42.6 Å². The Morgan fingerprint density at radius 1 is 0.902 bits per heavy atom. The Balaban J connectivity index is 1.19. The number of morpholine rings is 2. The Kier molecular flexibility index (Phi) is 8.26. The summed E-state index contributed by atoms with van der Waals surface area (Å²) >= 11 is 0. The summed E-state index contributed by atoms with van der Waals surface area (Å²) in [6, 6.07) is 15.8. The van der Waals surface area contributed by atoms with Crippen molar-refractivity contribution >= 4 is 29.3 Å². The molecule has 3 aliphatic heterocycles. The van der Waals surface area contributed by atoms with Gasteiger partial charge in [-0.1, -0.05) is 12.1 Å². The maximum Gasteiger partial charge on any atom is 0.323 e. The zero-order valence-electron chi connectivity index (χ0n) is 23.6. The number of urea groups is 1. The highest BCUT2D eigenvalue weighted by Crippen LogP contribution is 2.34. The van der Waals surface area contributed by atoms with Gasteiger partial charge in [0.25, 0.3) is 0 Å². The lowest BCUT2D eigenvalue weighted by molar-refractivity contribution is 0.0895. The van der Waals surface area contributed by atoms with E-state index in [1.54, 1.807) is 7.11 Å². The van der Waals surface area contributed by atoms with Crippen LogP contribution in [0.5, 0.6) is 0 Å². The molecule has 3 atom stereocenters. The van der Waals surface area contributed by atoms with E-state index in [0.29, 0.717) is 56.4 Å². The van der Waals surface area contributed by atoms with Gasteiger partial charge in [0.15, 0.2) is 5.82 Å². The molecule has 0 aliphatic carbocycles. The standard InChI is InChI=1S/C30H37N7O4/c1-20-17-40-16-14-36(20)28-33-27(34-29(35-28)37-25-11-12-26(37)19-41-18-25)22-5-9-24(10-6-22)32-30(38)31-23-7-3-21(4-8-23)13-15-39-2/h3-10,20,25-26H,11-19H2,1-2H3,(H2,31,32,38)/t20-,25?,26?/m1/s1. The summed E-state index contributed by atoms with van der Waals surface area (Å²) in [5.41, 5.74) is 3.40. The zero-order valence-corrected chi connectivity index (χ0v) is 23.6. The van der Waals surface area contributed by atoms with Gasteiger partial charge in [0.1, 0.15) is 0 Å². The van der Waals surface area contributed by atoms with Crippen LogP contribution in [-0.2, 0) is 20.6 Å². The topological polar surface area (TPSA) is 114 Å². The van der Waals surface area contributed by atoms with Crippen molar-refractivity contribution in [3.05, 3.63) is 54.1 Å². The molecule has 2 bridgehead atoms. The number of amides is 2. The summed E-state index contributed by atoms with van der Waals surface area (Å²) in [6.45, 7) is 6.19. The van der Waals surface area contributed by atoms with Gasteiger partial charge in [0, 0.05) is 30.6 Å². The van der Waals surface area contributed by atoms with E-state index >= 15 is 0 Å². The van der Waals surface area contributed by atoms with Crippen molar-refractivity contribution in [2.45, 2.75) is 44.3 Å². The molecule has 2 amide bonds. The predicted molar refractivity (Wildman–Crippen MR) is 158 cm³/mol. The first-order valence-corrected chi connectivity index (χ1v) is 14.3. The van der Waals surface area contributed by atoms with E-state index in [1.165, 1.54) is 0 Å². The number of carbonyl (C=O) groups is 1. The number of anilines is 4. The van der Waals surface area contributed by atoms with Gasteiger partial charge in [-0.2, -0.15) is 15.0 Å². The van der Waals surface area contributed by atoms with Gasteiger partial charge < -0.3 is 34.6 Å². The quantitative estimate of drug-likeness (QED) is 0.423. The summed E-state index contributed by atoms with van der Waals surface area (Å²) in [5, 5.41) is 5.78. The number of ether oxygens (including phenoxy) is 3. The number of nitrogens with zero attached hydrogens (tertiary/aromatic N) is 5. The fraction of sp³-hybridized carbons (Fsp3) is 0.467. The first kappa shape index (κ1) is 27.4. The molecule has 2 aromatic carbocycles. The van der Waals surface area contributed by atoms with Gasteiger partial charge in [-0.15, -0.1) is 0 Å². The molecule has 0 radical (unpaired) electrons. The van der Waals surface area contributed by atoms with Gasteiger partial charge in [0.2, 0.25) is 11.9 Å². The smallest absolute Gasteiger partial charge is 0.323 e. The van der Waals surface area contributed by atoms with Crippen molar-refractivity contribution in [2.24, 2.45) is 0 Å². The zero-order chi connectivity index (χ0) is 28.2. The Hall–Kier alpha value is -3.80. The van der Waals surface area contributed by atoms with E-state index in [2.05, 4.69) is 27.4 Å². The molecule has 3 aromatic rings. The molecule has 2 unspecified atom stereocenters. The number of rotatable bonds is 8. The number of nitrogens with one attached hydrogen (secondary N) is 2. The monoisotopic (exact) mass is 559 g/mol. The van der Waals surface area contributed by atoms with Gasteiger partial charge >= 0.3 is 6.03 Å². The summed E-state index contributed by atoms with van der Waals surface area (Å²) in [4.78, 5) is 32.0. The minimum atomic E-state index is -0.309. The van der Waals surface area contributed by atoms with Crippen molar-refractivity contribution in [1.82, 2.24) is 15.0 Å². The van der Waals surface area contributed by atoms with Crippen molar-refractivity contribution in [3.63, 3.8) is 0 Å². The molecule has 11 heteroatoms. The third-order valence-corrected chi connectivity index (χ3v) is 7.92.